The lowest BCUT2D eigenvalue weighted by molar-refractivity contribution is 0.103. The standard InChI is InChI=1S/C15H8BrF2NOS/c16-9-2-4-12(11(18)6-9)19-15(20)14-5-8-1-3-10(17)7-13(8)21-14/h1-7H,(H,19,20). The number of amides is 1. The molecule has 0 saturated heterocycles. The Labute approximate surface area is 131 Å². The van der Waals surface area contributed by atoms with Crippen LogP contribution in [0, 0.1) is 11.6 Å². The first-order valence-electron chi connectivity index (χ1n) is 5.98. The van der Waals surface area contributed by atoms with E-state index in [0.29, 0.717) is 14.0 Å². The number of hydrogen-bond acceptors (Lipinski definition) is 2. The highest BCUT2D eigenvalue weighted by Crippen LogP contribution is 2.27. The van der Waals surface area contributed by atoms with Crippen LogP contribution in [-0.4, -0.2) is 5.91 Å². The smallest absolute Gasteiger partial charge is 0.265 e. The highest BCUT2D eigenvalue weighted by atomic mass is 79.9. The van der Waals surface area contributed by atoms with Crippen molar-refractivity contribution in [3.05, 3.63) is 63.4 Å². The van der Waals surface area contributed by atoms with E-state index in [4.69, 9.17) is 0 Å². The van der Waals surface area contributed by atoms with Gasteiger partial charge in [0.1, 0.15) is 11.6 Å². The molecule has 1 N–H and O–H groups in total. The van der Waals surface area contributed by atoms with E-state index in [1.165, 1.54) is 24.3 Å². The van der Waals surface area contributed by atoms with Crippen LogP contribution in [0.2, 0.25) is 0 Å². The maximum atomic E-state index is 13.7. The lowest BCUT2D eigenvalue weighted by Crippen LogP contribution is -2.11. The van der Waals surface area contributed by atoms with Crippen LogP contribution in [0.4, 0.5) is 14.5 Å². The molecule has 1 amide bonds. The summed E-state index contributed by atoms with van der Waals surface area (Å²) in [6, 6.07) is 10.4. The third-order valence-electron chi connectivity index (χ3n) is 2.89. The molecule has 3 rings (SSSR count). The molecule has 2 aromatic carbocycles. The van der Waals surface area contributed by atoms with E-state index in [2.05, 4.69) is 21.2 Å². The number of halogens is 3. The molecule has 0 radical (unpaired) electrons. The van der Waals surface area contributed by atoms with Crippen molar-refractivity contribution in [2.24, 2.45) is 0 Å². The Bertz CT molecular complexity index is 847. The molecule has 1 aromatic heterocycles. The van der Waals surface area contributed by atoms with Crippen LogP contribution in [0.25, 0.3) is 10.1 Å². The maximum absolute atomic E-state index is 13.7. The Kier molecular flexibility index (Phi) is 3.73. The van der Waals surface area contributed by atoms with Crippen molar-refractivity contribution >= 4 is 48.9 Å². The van der Waals surface area contributed by atoms with Crippen LogP contribution in [0.15, 0.2) is 46.9 Å². The molecule has 0 fully saturated rings. The average molecular weight is 368 g/mol. The van der Waals surface area contributed by atoms with Crippen molar-refractivity contribution in [2.45, 2.75) is 0 Å². The first-order chi connectivity index (χ1) is 10.0. The third-order valence-corrected chi connectivity index (χ3v) is 4.48. The van der Waals surface area contributed by atoms with Crippen LogP contribution in [-0.2, 0) is 0 Å². The number of hydrogen-bond donors (Lipinski definition) is 1. The van der Waals surface area contributed by atoms with Crippen molar-refractivity contribution in [1.29, 1.82) is 0 Å². The Balaban J connectivity index is 1.89. The quantitative estimate of drug-likeness (QED) is 0.662. The third kappa shape index (κ3) is 2.96. The summed E-state index contributed by atoms with van der Waals surface area (Å²) in [6.07, 6.45) is 0. The largest absolute Gasteiger partial charge is 0.319 e. The van der Waals surface area contributed by atoms with Crippen molar-refractivity contribution in [3.63, 3.8) is 0 Å². The maximum Gasteiger partial charge on any atom is 0.265 e. The van der Waals surface area contributed by atoms with E-state index in [-0.39, 0.29) is 11.5 Å². The lowest BCUT2D eigenvalue weighted by atomic mass is 10.2. The predicted molar refractivity (Wildman–Crippen MR) is 83.8 cm³/mol. The summed E-state index contributed by atoms with van der Waals surface area (Å²) in [5.74, 6) is -1.29. The van der Waals surface area contributed by atoms with Crippen LogP contribution >= 0.6 is 27.3 Å². The Morgan fingerprint density at radius 3 is 2.67 bits per heavy atom. The molecule has 0 saturated carbocycles. The Hall–Kier alpha value is -1.79. The monoisotopic (exact) mass is 367 g/mol. The van der Waals surface area contributed by atoms with E-state index >= 15 is 0 Å². The Morgan fingerprint density at radius 2 is 1.90 bits per heavy atom. The normalized spacial score (nSPS) is 10.8. The second-order valence-electron chi connectivity index (χ2n) is 4.37. The van der Waals surface area contributed by atoms with Gasteiger partial charge in [0.25, 0.3) is 5.91 Å². The van der Waals surface area contributed by atoms with Crippen LogP contribution < -0.4 is 5.32 Å². The molecular formula is C15H8BrF2NOS. The molecule has 21 heavy (non-hydrogen) atoms. The molecular weight excluding hydrogens is 360 g/mol. The van der Waals surface area contributed by atoms with Gasteiger partial charge in [0.15, 0.2) is 0 Å². The molecule has 106 valence electrons. The molecule has 0 spiro atoms. The molecule has 0 aliphatic rings. The lowest BCUT2D eigenvalue weighted by Gasteiger charge is -2.05. The summed E-state index contributed by atoms with van der Waals surface area (Å²) in [4.78, 5) is 12.5. The number of benzene rings is 2. The van der Waals surface area contributed by atoms with Crippen LogP contribution in [0.3, 0.4) is 0 Å². The fraction of sp³-hybridized carbons (Fsp3) is 0. The summed E-state index contributed by atoms with van der Waals surface area (Å²) >= 11 is 4.32. The average Bonchev–Trinajstić information content (AvgIpc) is 2.85. The molecule has 0 aliphatic heterocycles. The van der Waals surface area contributed by atoms with Gasteiger partial charge in [0, 0.05) is 9.17 Å². The molecule has 2 nitrogen and oxygen atoms in total. The topological polar surface area (TPSA) is 29.1 Å². The van der Waals surface area contributed by atoms with Gasteiger partial charge in [-0.05, 0) is 41.8 Å². The number of nitrogens with one attached hydrogen (secondary N) is 1. The first-order valence-corrected chi connectivity index (χ1v) is 7.59. The summed E-state index contributed by atoms with van der Waals surface area (Å²) in [7, 11) is 0. The molecule has 0 atom stereocenters. The van der Waals surface area contributed by atoms with Gasteiger partial charge in [-0.3, -0.25) is 4.79 Å². The number of rotatable bonds is 2. The summed E-state index contributed by atoms with van der Waals surface area (Å²) in [5.41, 5.74) is 0.104. The van der Waals surface area contributed by atoms with Gasteiger partial charge in [-0.2, -0.15) is 0 Å². The van der Waals surface area contributed by atoms with Gasteiger partial charge < -0.3 is 5.32 Å². The van der Waals surface area contributed by atoms with E-state index in [0.717, 1.165) is 16.7 Å². The zero-order valence-electron chi connectivity index (χ0n) is 10.5. The zero-order chi connectivity index (χ0) is 15.0. The fourth-order valence-electron chi connectivity index (χ4n) is 1.89. The van der Waals surface area contributed by atoms with Gasteiger partial charge in [0.05, 0.1) is 10.6 Å². The number of thiophene rings is 1. The number of carbonyl (C=O) groups is 1. The minimum atomic E-state index is -0.523. The van der Waals surface area contributed by atoms with Crippen molar-refractivity contribution in [2.75, 3.05) is 5.32 Å². The summed E-state index contributed by atoms with van der Waals surface area (Å²) in [6.45, 7) is 0. The minimum absolute atomic E-state index is 0.104. The highest BCUT2D eigenvalue weighted by Gasteiger charge is 2.13. The van der Waals surface area contributed by atoms with Crippen molar-refractivity contribution in [1.82, 2.24) is 0 Å². The number of fused-ring (bicyclic) bond motifs is 1. The molecule has 3 aromatic rings. The van der Waals surface area contributed by atoms with E-state index in [1.54, 1.807) is 18.2 Å². The van der Waals surface area contributed by atoms with Gasteiger partial charge >= 0.3 is 0 Å². The second kappa shape index (κ2) is 5.54. The molecule has 0 bridgehead atoms. The van der Waals surface area contributed by atoms with Gasteiger partial charge in [-0.15, -0.1) is 11.3 Å². The Morgan fingerprint density at radius 1 is 1.10 bits per heavy atom. The van der Waals surface area contributed by atoms with E-state index in [1.807, 2.05) is 0 Å². The van der Waals surface area contributed by atoms with Crippen LogP contribution in [0.5, 0.6) is 0 Å². The van der Waals surface area contributed by atoms with E-state index < -0.39 is 11.7 Å². The number of anilines is 1. The van der Waals surface area contributed by atoms with E-state index in [9.17, 15) is 13.6 Å². The zero-order valence-corrected chi connectivity index (χ0v) is 12.9. The molecule has 0 aliphatic carbocycles. The molecule has 6 heteroatoms. The summed E-state index contributed by atoms with van der Waals surface area (Å²) in [5, 5.41) is 3.29. The predicted octanol–water partition coefficient (Wildman–Crippen LogP) is 5.19. The van der Waals surface area contributed by atoms with Crippen LogP contribution in [0.1, 0.15) is 9.67 Å². The fourth-order valence-corrected chi connectivity index (χ4v) is 3.21. The SMILES string of the molecule is O=C(Nc1ccc(Br)cc1F)c1cc2ccc(F)cc2s1. The van der Waals surface area contributed by atoms with Crippen molar-refractivity contribution in [3.8, 4) is 0 Å². The second-order valence-corrected chi connectivity index (χ2v) is 6.37. The van der Waals surface area contributed by atoms with Gasteiger partial charge in [0.2, 0.25) is 0 Å². The molecule has 0 unspecified atom stereocenters. The van der Waals surface area contributed by atoms with Gasteiger partial charge in [-0.25, -0.2) is 8.78 Å². The summed E-state index contributed by atoms with van der Waals surface area (Å²) < 4.78 is 28.1. The highest BCUT2D eigenvalue weighted by molar-refractivity contribution is 9.10. The molecule has 1 heterocycles. The number of carbonyl (C=O) groups excluding carboxylic acids is 1. The minimum Gasteiger partial charge on any atom is -0.319 e. The van der Waals surface area contributed by atoms with Crippen molar-refractivity contribution < 1.29 is 13.6 Å². The van der Waals surface area contributed by atoms with Gasteiger partial charge in [-0.1, -0.05) is 22.0 Å². The first kappa shape index (κ1) is 14.2.